The Hall–Kier alpha value is -2.08. The molecular formula is C13H16N2O4. The lowest BCUT2D eigenvalue weighted by atomic mass is 10.1. The molecule has 0 unspecified atom stereocenters. The molecule has 0 aliphatic heterocycles. The maximum atomic E-state index is 12.1. The summed E-state index contributed by atoms with van der Waals surface area (Å²) in [5.41, 5.74) is 0.833. The van der Waals surface area contributed by atoms with E-state index in [-0.39, 0.29) is 5.91 Å². The third kappa shape index (κ3) is 3.03. The first kappa shape index (κ1) is 13.4. The Morgan fingerprint density at radius 1 is 1.53 bits per heavy atom. The fourth-order valence-corrected chi connectivity index (χ4v) is 1.73. The number of carbonyl (C=O) groups excluding carboxylic acids is 1. The summed E-state index contributed by atoms with van der Waals surface area (Å²) in [5.74, 6) is 0.760. The lowest BCUT2D eigenvalue weighted by molar-refractivity contribution is 0.0947. The summed E-state index contributed by atoms with van der Waals surface area (Å²) in [7, 11) is 1.63. The van der Waals surface area contributed by atoms with Gasteiger partial charge in [-0.1, -0.05) is 5.16 Å². The molecule has 0 atom stereocenters. The van der Waals surface area contributed by atoms with Crippen LogP contribution in [0.25, 0.3) is 11.5 Å². The molecule has 0 fully saturated rings. The van der Waals surface area contributed by atoms with Crippen molar-refractivity contribution in [3.63, 3.8) is 0 Å². The maximum absolute atomic E-state index is 12.1. The van der Waals surface area contributed by atoms with Gasteiger partial charge in [-0.25, -0.2) is 0 Å². The molecule has 1 N–H and O–H groups in total. The minimum atomic E-state index is -0.221. The van der Waals surface area contributed by atoms with Gasteiger partial charge in [-0.15, -0.1) is 0 Å². The predicted molar refractivity (Wildman–Crippen MR) is 67.8 cm³/mol. The largest absolute Gasteiger partial charge is 0.463 e. The van der Waals surface area contributed by atoms with Gasteiger partial charge in [0.1, 0.15) is 11.3 Å². The van der Waals surface area contributed by atoms with Gasteiger partial charge < -0.3 is 19.0 Å². The number of amides is 1. The minimum absolute atomic E-state index is 0.221. The van der Waals surface area contributed by atoms with Crippen LogP contribution in [0, 0.1) is 6.92 Å². The van der Waals surface area contributed by atoms with Crippen LogP contribution in [0.2, 0.25) is 0 Å². The van der Waals surface area contributed by atoms with Gasteiger partial charge in [-0.3, -0.25) is 4.79 Å². The molecule has 2 aromatic heterocycles. The van der Waals surface area contributed by atoms with Gasteiger partial charge >= 0.3 is 0 Å². The summed E-state index contributed by atoms with van der Waals surface area (Å²) >= 11 is 0. The zero-order valence-corrected chi connectivity index (χ0v) is 10.9. The van der Waals surface area contributed by atoms with Gasteiger partial charge in [0.25, 0.3) is 5.91 Å². The molecule has 102 valence electrons. The lowest BCUT2D eigenvalue weighted by Gasteiger charge is -2.04. The van der Waals surface area contributed by atoms with E-state index in [4.69, 9.17) is 13.7 Å². The number of methoxy groups -OCH3 is 1. The Balaban J connectivity index is 2.11. The van der Waals surface area contributed by atoms with Crippen molar-refractivity contribution in [1.82, 2.24) is 10.5 Å². The molecule has 6 heteroatoms. The summed E-state index contributed by atoms with van der Waals surface area (Å²) in [4.78, 5) is 12.1. The van der Waals surface area contributed by atoms with Crippen molar-refractivity contribution in [2.75, 3.05) is 20.3 Å². The van der Waals surface area contributed by atoms with Crippen LogP contribution >= 0.6 is 0 Å². The number of aromatic nitrogens is 1. The van der Waals surface area contributed by atoms with E-state index in [1.807, 2.05) is 0 Å². The van der Waals surface area contributed by atoms with Gasteiger partial charge in [0.15, 0.2) is 11.5 Å². The van der Waals surface area contributed by atoms with Gasteiger partial charge in [-0.2, -0.15) is 0 Å². The van der Waals surface area contributed by atoms with Crippen molar-refractivity contribution >= 4 is 5.91 Å². The van der Waals surface area contributed by atoms with Gasteiger partial charge in [-0.05, 0) is 25.5 Å². The van der Waals surface area contributed by atoms with Crippen molar-refractivity contribution in [3.8, 4) is 11.5 Å². The van der Waals surface area contributed by atoms with E-state index in [0.717, 1.165) is 6.42 Å². The van der Waals surface area contributed by atoms with Crippen LogP contribution in [0.15, 0.2) is 27.3 Å². The highest BCUT2D eigenvalue weighted by molar-refractivity contribution is 6.00. The molecule has 0 aromatic carbocycles. The molecular weight excluding hydrogens is 248 g/mol. The second kappa shape index (κ2) is 6.19. The van der Waals surface area contributed by atoms with E-state index >= 15 is 0 Å². The Kier molecular flexibility index (Phi) is 4.35. The second-order valence-corrected chi connectivity index (χ2v) is 4.04. The average molecular weight is 264 g/mol. The number of rotatable bonds is 6. The zero-order valence-electron chi connectivity index (χ0n) is 10.9. The maximum Gasteiger partial charge on any atom is 0.257 e. The second-order valence-electron chi connectivity index (χ2n) is 4.04. The summed E-state index contributed by atoms with van der Waals surface area (Å²) < 4.78 is 15.2. The van der Waals surface area contributed by atoms with Gasteiger partial charge in [0, 0.05) is 20.3 Å². The van der Waals surface area contributed by atoms with E-state index in [9.17, 15) is 4.79 Å². The molecule has 1 amide bonds. The molecule has 0 spiro atoms. The van der Waals surface area contributed by atoms with E-state index in [1.165, 1.54) is 6.26 Å². The van der Waals surface area contributed by atoms with E-state index < -0.39 is 0 Å². The summed E-state index contributed by atoms with van der Waals surface area (Å²) in [5, 5.41) is 6.67. The number of aryl methyl sites for hydroxylation is 1. The van der Waals surface area contributed by atoms with E-state index in [0.29, 0.717) is 35.9 Å². The molecule has 0 saturated heterocycles. The van der Waals surface area contributed by atoms with Crippen molar-refractivity contribution in [1.29, 1.82) is 0 Å². The number of nitrogens with one attached hydrogen (secondary N) is 1. The topological polar surface area (TPSA) is 77.5 Å². The zero-order chi connectivity index (χ0) is 13.7. The molecule has 2 heterocycles. The van der Waals surface area contributed by atoms with Crippen molar-refractivity contribution in [3.05, 3.63) is 29.7 Å². The first-order valence-corrected chi connectivity index (χ1v) is 6.01. The average Bonchev–Trinajstić information content (AvgIpc) is 3.03. The van der Waals surface area contributed by atoms with Crippen molar-refractivity contribution in [2.45, 2.75) is 13.3 Å². The smallest absolute Gasteiger partial charge is 0.257 e. The number of hydrogen-bond donors (Lipinski definition) is 1. The fourth-order valence-electron chi connectivity index (χ4n) is 1.73. The highest BCUT2D eigenvalue weighted by Gasteiger charge is 2.22. The Labute approximate surface area is 110 Å². The molecule has 6 nitrogen and oxygen atoms in total. The molecule has 0 bridgehead atoms. The highest BCUT2D eigenvalue weighted by atomic mass is 16.5. The lowest BCUT2D eigenvalue weighted by Crippen LogP contribution is -2.25. The minimum Gasteiger partial charge on any atom is -0.463 e. The molecule has 19 heavy (non-hydrogen) atoms. The first-order valence-electron chi connectivity index (χ1n) is 6.01. The van der Waals surface area contributed by atoms with E-state index in [1.54, 1.807) is 26.2 Å². The van der Waals surface area contributed by atoms with Crippen LogP contribution in [-0.4, -0.2) is 31.3 Å². The molecule has 2 aromatic rings. The quantitative estimate of drug-likeness (QED) is 0.807. The fraction of sp³-hybridized carbons (Fsp3) is 0.385. The molecule has 2 rings (SSSR count). The Morgan fingerprint density at radius 3 is 3.05 bits per heavy atom. The molecule has 0 aliphatic rings. The monoisotopic (exact) mass is 264 g/mol. The number of ether oxygens (including phenoxy) is 1. The van der Waals surface area contributed by atoms with Gasteiger partial charge in [0.2, 0.25) is 0 Å². The third-order valence-electron chi connectivity index (χ3n) is 2.66. The number of furan rings is 1. The molecule has 0 saturated carbocycles. The summed E-state index contributed by atoms with van der Waals surface area (Å²) in [6.07, 6.45) is 2.28. The van der Waals surface area contributed by atoms with Crippen LogP contribution in [0.5, 0.6) is 0 Å². The number of hydrogen-bond acceptors (Lipinski definition) is 5. The number of nitrogens with zero attached hydrogens (tertiary/aromatic N) is 1. The SMILES string of the molecule is COCCCNC(=O)c1c(-c2ccco2)noc1C. The molecule has 0 radical (unpaired) electrons. The van der Waals surface area contributed by atoms with Crippen LogP contribution in [0.1, 0.15) is 22.5 Å². The Bertz CT molecular complexity index is 531. The van der Waals surface area contributed by atoms with Crippen molar-refractivity contribution in [2.24, 2.45) is 0 Å². The molecule has 0 aliphatic carbocycles. The van der Waals surface area contributed by atoms with Crippen LogP contribution in [0.3, 0.4) is 0 Å². The standard InChI is InChI=1S/C13H16N2O4/c1-9-11(13(16)14-6-4-7-17-2)12(15-19-9)10-5-3-8-18-10/h3,5,8H,4,6-7H2,1-2H3,(H,14,16). The van der Waals surface area contributed by atoms with Crippen molar-refractivity contribution < 1.29 is 18.5 Å². The van der Waals surface area contributed by atoms with Crippen LogP contribution < -0.4 is 5.32 Å². The van der Waals surface area contributed by atoms with E-state index in [2.05, 4.69) is 10.5 Å². The van der Waals surface area contributed by atoms with Crippen LogP contribution in [-0.2, 0) is 4.74 Å². The van der Waals surface area contributed by atoms with Crippen LogP contribution in [0.4, 0.5) is 0 Å². The summed E-state index contributed by atoms with van der Waals surface area (Å²) in [6.45, 7) is 2.84. The first-order chi connectivity index (χ1) is 9.24. The predicted octanol–water partition coefficient (Wildman–Crippen LogP) is 2.01. The summed E-state index contributed by atoms with van der Waals surface area (Å²) in [6, 6.07) is 3.47. The van der Waals surface area contributed by atoms with Gasteiger partial charge in [0.05, 0.1) is 6.26 Å². The third-order valence-corrected chi connectivity index (χ3v) is 2.66. The normalized spacial score (nSPS) is 10.6. The Morgan fingerprint density at radius 2 is 2.37 bits per heavy atom. The highest BCUT2D eigenvalue weighted by Crippen LogP contribution is 2.25. The number of carbonyl (C=O) groups is 1.